The van der Waals surface area contributed by atoms with E-state index in [-0.39, 0.29) is 0 Å². The predicted octanol–water partition coefficient (Wildman–Crippen LogP) is 3.15. The zero-order valence-corrected chi connectivity index (χ0v) is 16.7. The van der Waals surface area contributed by atoms with Gasteiger partial charge in [0.1, 0.15) is 0 Å². The average Bonchev–Trinajstić information content (AvgIpc) is 3.32. The lowest BCUT2D eigenvalue weighted by Gasteiger charge is -2.33. The van der Waals surface area contributed by atoms with Crippen LogP contribution < -0.4 is 0 Å². The summed E-state index contributed by atoms with van der Waals surface area (Å²) >= 11 is 7.39. The van der Waals surface area contributed by atoms with Crippen LogP contribution in [0.5, 0.6) is 0 Å². The van der Waals surface area contributed by atoms with Crippen LogP contribution in [0.25, 0.3) is 15.2 Å². The van der Waals surface area contributed by atoms with Crippen LogP contribution in [-0.4, -0.2) is 55.3 Å². The van der Waals surface area contributed by atoms with Gasteiger partial charge in [0, 0.05) is 32.2 Å². The number of hydrogen-bond acceptors (Lipinski definition) is 7. The van der Waals surface area contributed by atoms with E-state index in [2.05, 4.69) is 37.6 Å². The predicted molar refractivity (Wildman–Crippen MR) is 107 cm³/mol. The van der Waals surface area contributed by atoms with Gasteiger partial charge in [-0.3, -0.25) is 14.2 Å². The van der Waals surface area contributed by atoms with E-state index in [0.29, 0.717) is 0 Å². The number of nitrogens with zero attached hydrogens (tertiary/aromatic N) is 6. The van der Waals surface area contributed by atoms with Crippen molar-refractivity contribution in [3.8, 4) is 0 Å². The van der Waals surface area contributed by atoms with E-state index in [1.165, 1.54) is 4.70 Å². The van der Waals surface area contributed by atoms with Gasteiger partial charge < -0.3 is 4.52 Å². The molecule has 0 bridgehead atoms. The topological polar surface area (TPSA) is 54.7 Å². The molecule has 3 aromatic heterocycles. The molecule has 4 heterocycles. The first-order valence-electron chi connectivity index (χ1n) is 9.01. The Labute approximate surface area is 165 Å². The minimum atomic E-state index is 0.733. The van der Waals surface area contributed by atoms with Crippen LogP contribution in [0.15, 0.2) is 34.9 Å². The third-order valence-electron chi connectivity index (χ3n) is 4.97. The van der Waals surface area contributed by atoms with Crippen molar-refractivity contribution in [3.63, 3.8) is 0 Å². The monoisotopic (exact) mass is 400 g/mol. The molecule has 0 unspecified atom stereocenters. The second-order valence-electron chi connectivity index (χ2n) is 6.94. The molecule has 1 fully saturated rings. The summed E-state index contributed by atoms with van der Waals surface area (Å²) in [5.41, 5.74) is 2.08. The van der Waals surface area contributed by atoms with Crippen LogP contribution in [0.2, 0.25) is 0 Å². The standard InChI is InChI=1S/C18H20N6OS2/c1-13-10-14(25-20-13)11-21-6-8-22(9-7-21)12-23-18(26)24-15-4-2-3-5-16(15)27-17(24)19-23/h2-5,10H,6-9,11-12H2,1H3. The normalized spacial score (nSPS) is 16.6. The maximum atomic E-state index is 5.70. The van der Waals surface area contributed by atoms with Gasteiger partial charge in [0.05, 0.1) is 29.1 Å². The number of aromatic nitrogens is 4. The smallest absolute Gasteiger partial charge is 0.216 e. The van der Waals surface area contributed by atoms with Crippen LogP contribution in [-0.2, 0) is 13.2 Å². The molecule has 4 aromatic rings. The molecule has 1 saturated heterocycles. The van der Waals surface area contributed by atoms with Gasteiger partial charge in [-0.05, 0) is 31.3 Å². The van der Waals surface area contributed by atoms with E-state index in [4.69, 9.17) is 21.8 Å². The quantitative estimate of drug-likeness (QED) is 0.491. The Morgan fingerprint density at radius 2 is 1.93 bits per heavy atom. The number of rotatable bonds is 4. The van der Waals surface area contributed by atoms with Gasteiger partial charge in [-0.15, -0.1) is 5.10 Å². The van der Waals surface area contributed by atoms with Crippen molar-refractivity contribution in [1.29, 1.82) is 0 Å². The maximum absolute atomic E-state index is 5.70. The summed E-state index contributed by atoms with van der Waals surface area (Å²) in [5, 5.41) is 8.71. The van der Waals surface area contributed by atoms with Gasteiger partial charge in [-0.1, -0.05) is 28.6 Å². The number of para-hydroxylation sites is 1. The van der Waals surface area contributed by atoms with Crippen molar-refractivity contribution >= 4 is 38.7 Å². The highest BCUT2D eigenvalue weighted by molar-refractivity contribution is 7.71. The highest BCUT2D eigenvalue weighted by Crippen LogP contribution is 2.25. The molecule has 7 nitrogen and oxygen atoms in total. The highest BCUT2D eigenvalue weighted by Gasteiger charge is 2.20. The Hall–Kier alpha value is -2.07. The van der Waals surface area contributed by atoms with Crippen molar-refractivity contribution in [1.82, 2.24) is 29.1 Å². The molecule has 1 aliphatic rings. The molecule has 5 rings (SSSR count). The van der Waals surface area contributed by atoms with E-state index in [9.17, 15) is 0 Å². The summed E-state index contributed by atoms with van der Waals surface area (Å²) in [7, 11) is 0. The molecular weight excluding hydrogens is 380 g/mol. The molecule has 0 spiro atoms. The van der Waals surface area contributed by atoms with E-state index in [1.807, 2.05) is 23.7 Å². The Morgan fingerprint density at radius 3 is 2.70 bits per heavy atom. The number of fused-ring (bicyclic) bond motifs is 3. The fourth-order valence-electron chi connectivity index (χ4n) is 3.57. The highest BCUT2D eigenvalue weighted by atomic mass is 32.1. The van der Waals surface area contributed by atoms with Gasteiger partial charge in [0.2, 0.25) is 9.73 Å². The maximum Gasteiger partial charge on any atom is 0.216 e. The van der Waals surface area contributed by atoms with E-state index < -0.39 is 0 Å². The van der Waals surface area contributed by atoms with E-state index >= 15 is 0 Å². The Balaban J connectivity index is 1.27. The van der Waals surface area contributed by atoms with Crippen molar-refractivity contribution in [2.45, 2.75) is 20.1 Å². The molecule has 0 radical (unpaired) electrons. The molecule has 27 heavy (non-hydrogen) atoms. The zero-order valence-electron chi connectivity index (χ0n) is 15.0. The summed E-state index contributed by atoms with van der Waals surface area (Å²) in [6, 6.07) is 10.3. The van der Waals surface area contributed by atoms with Gasteiger partial charge >= 0.3 is 0 Å². The third-order valence-corrected chi connectivity index (χ3v) is 6.38. The Morgan fingerprint density at radius 1 is 1.15 bits per heavy atom. The van der Waals surface area contributed by atoms with E-state index in [0.717, 1.165) is 66.1 Å². The number of thiazole rings is 1. The van der Waals surface area contributed by atoms with Crippen LogP contribution >= 0.6 is 23.6 Å². The lowest BCUT2D eigenvalue weighted by atomic mass is 10.3. The molecule has 9 heteroatoms. The van der Waals surface area contributed by atoms with Gasteiger partial charge in [-0.25, -0.2) is 4.68 Å². The largest absolute Gasteiger partial charge is 0.360 e. The number of piperazine rings is 1. The van der Waals surface area contributed by atoms with Crippen LogP contribution in [0.3, 0.4) is 0 Å². The molecule has 140 valence electrons. The SMILES string of the molecule is Cc1cc(CN2CCN(Cn3nc4sc5ccccc5n4c3=S)CC2)on1. The van der Waals surface area contributed by atoms with Crippen LogP contribution in [0.4, 0.5) is 0 Å². The average molecular weight is 401 g/mol. The minimum absolute atomic E-state index is 0.733. The number of hydrogen-bond donors (Lipinski definition) is 0. The second-order valence-corrected chi connectivity index (χ2v) is 8.31. The fourth-order valence-corrected chi connectivity index (χ4v) is 4.93. The minimum Gasteiger partial charge on any atom is -0.360 e. The lowest BCUT2D eigenvalue weighted by Crippen LogP contribution is -2.46. The van der Waals surface area contributed by atoms with Crippen molar-refractivity contribution in [3.05, 3.63) is 46.6 Å². The molecule has 0 N–H and O–H groups in total. The van der Waals surface area contributed by atoms with Crippen molar-refractivity contribution in [2.24, 2.45) is 0 Å². The molecule has 0 atom stereocenters. The number of aryl methyl sites for hydroxylation is 1. The first-order valence-corrected chi connectivity index (χ1v) is 10.2. The summed E-state index contributed by atoms with van der Waals surface area (Å²) in [4.78, 5) is 5.76. The van der Waals surface area contributed by atoms with E-state index in [1.54, 1.807) is 11.3 Å². The fraction of sp³-hybridized carbons (Fsp3) is 0.389. The van der Waals surface area contributed by atoms with Crippen LogP contribution in [0, 0.1) is 11.7 Å². The third kappa shape index (κ3) is 3.20. The summed E-state index contributed by atoms with van der Waals surface area (Å²) < 4.78 is 11.3. The molecular formula is C18H20N6OS2. The van der Waals surface area contributed by atoms with Gasteiger partial charge in [-0.2, -0.15) is 0 Å². The molecule has 0 amide bonds. The van der Waals surface area contributed by atoms with Crippen molar-refractivity contribution in [2.75, 3.05) is 26.2 Å². The Kier molecular flexibility index (Phi) is 4.31. The first kappa shape index (κ1) is 17.1. The Bertz CT molecular complexity index is 1150. The number of benzene rings is 1. The molecule has 0 aliphatic carbocycles. The molecule has 0 saturated carbocycles. The van der Waals surface area contributed by atoms with Crippen LogP contribution in [0.1, 0.15) is 11.5 Å². The zero-order chi connectivity index (χ0) is 18.4. The lowest BCUT2D eigenvalue weighted by molar-refractivity contribution is 0.0922. The second kappa shape index (κ2) is 6.83. The van der Waals surface area contributed by atoms with Gasteiger partial charge in [0.15, 0.2) is 5.76 Å². The molecule has 1 aromatic carbocycles. The summed E-state index contributed by atoms with van der Waals surface area (Å²) in [6.45, 7) is 7.47. The van der Waals surface area contributed by atoms with Gasteiger partial charge in [0.25, 0.3) is 0 Å². The van der Waals surface area contributed by atoms with Crippen molar-refractivity contribution < 1.29 is 4.52 Å². The first-order chi connectivity index (χ1) is 13.2. The molecule has 1 aliphatic heterocycles. The summed E-state index contributed by atoms with van der Waals surface area (Å²) in [6.07, 6.45) is 0. The summed E-state index contributed by atoms with van der Waals surface area (Å²) in [5.74, 6) is 0.935.